The normalized spacial score (nSPS) is 27.7. The number of thioether (sulfide) groups is 1. The number of nitrogens with zero attached hydrogens (tertiary/aromatic N) is 2. The van der Waals surface area contributed by atoms with Gasteiger partial charge in [-0.05, 0) is 17.5 Å². The van der Waals surface area contributed by atoms with E-state index in [9.17, 15) is 13.2 Å². The molecule has 0 bridgehead atoms. The van der Waals surface area contributed by atoms with Crippen LogP contribution < -0.4 is 4.90 Å². The first-order valence-electron chi connectivity index (χ1n) is 7.63. The van der Waals surface area contributed by atoms with E-state index in [0.717, 1.165) is 11.3 Å². The molecule has 3 rings (SSSR count). The lowest BCUT2D eigenvalue weighted by Gasteiger charge is -2.28. The summed E-state index contributed by atoms with van der Waals surface area (Å²) in [5.74, 6) is 0.308. The molecule has 2 saturated heterocycles. The van der Waals surface area contributed by atoms with Gasteiger partial charge in [-0.1, -0.05) is 43.8 Å². The summed E-state index contributed by atoms with van der Waals surface area (Å²) in [5.41, 5.74) is 2.09. The Morgan fingerprint density at radius 1 is 1.30 bits per heavy atom. The van der Waals surface area contributed by atoms with E-state index in [4.69, 9.17) is 0 Å². The first-order valence-corrected chi connectivity index (χ1v) is 10.3. The van der Waals surface area contributed by atoms with Crippen molar-refractivity contribution in [2.75, 3.05) is 16.4 Å². The SMILES string of the molecule is CC(=O)N=C1SC2CS(=O)(=O)CC2N1c1ccccc1C(C)C. The van der Waals surface area contributed by atoms with E-state index in [1.807, 2.05) is 29.2 Å². The lowest BCUT2D eigenvalue weighted by Crippen LogP contribution is -2.38. The maximum absolute atomic E-state index is 12.0. The van der Waals surface area contributed by atoms with E-state index in [1.165, 1.54) is 18.7 Å². The van der Waals surface area contributed by atoms with Gasteiger partial charge in [0, 0.05) is 17.9 Å². The van der Waals surface area contributed by atoms with Crippen molar-refractivity contribution < 1.29 is 13.2 Å². The lowest BCUT2D eigenvalue weighted by atomic mass is 9.99. The number of aliphatic imine (C=N–C) groups is 1. The molecule has 2 unspecified atom stereocenters. The molecule has 0 aromatic heterocycles. The Bertz CT molecular complexity index is 771. The van der Waals surface area contributed by atoms with Gasteiger partial charge in [0.1, 0.15) is 0 Å². The van der Waals surface area contributed by atoms with Gasteiger partial charge in [-0.25, -0.2) is 8.42 Å². The number of carbonyl (C=O) groups excluding carboxylic acids is 1. The molecule has 124 valence electrons. The van der Waals surface area contributed by atoms with Crippen LogP contribution in [0.15, 0.2) is 29.3 Å². The summed E-state index contributed by atoms with van der Waals surface area (Å²) in [6.45, 7) is 5.63. The Kier molecular flexibility index (Phi) is 4.27. The van der Waals surface area contributed by atoms with Crippen LogP contribution in [0.2, 0.25) is 0 Å². The van der Waals surface area contributed by atoms with E-state index in [2.05, 4.69) is 18.8 Å². The van der Waals surface area contributed by atoms with Crippen molar-refractivity contribution in [3.63, 3.8) is 0 Å². The summed E-state index contributed by atoms with van der Waals surface area (Å²) in [7, 11) is -3.03. The highest BCUT2D eigenvalue weighted by Crippen LogP contribution is 2.43. The molecule has 2 fully saturated rings. The molecule has 2 heterocycles. The predicted octanol–water partition coefficient (Wildman–Crippen LogP) is 2.43. The average molecular weight is 352 g/mol. The molecule has 0 N–H and O–H groups in total. The molecule has 0 saturated carbocycles. The standard InChI is InChI=1S/C16H20N2O3S2/c1-10(2)12-6-4-5-7-13(12)18-14-8-23(20,21)9-15(14)22-16(18)17-11(3)19/h4-7,10,14-15H,8-9H2,1-3H3. The number of para-hydroxylation sites is 1. The van der Waals surface area contributed by atoms with E-state index in [-0.39, 0.29) is 28.7 Å². The molecule has 5 nitrogen and oxygen atoms in total. The summed E-state index contributed by atoms with van der Waals surface area (Å²) >= 11 is 1.41. The van der Waals surface area contributed by atoms with Crippen molar-refractivity contribution in [2.45, 2.75) is 38.0 Å². The zero-order valence-electron chi connectivity index (χ0n) is 13.4. The van der Waals surface area contributed by atoms with Gasteiger partial charge in [0.25, 0.3) is 0 Å². The third-order valence-electron chi connectivity index (χ3n) is 4.14. The van der Waals surface area contributed by atoms with Crippen LogP contribution in [0.1, 0.15) is 32.3 Å². The van der Waals surface area contributed by atoms with Gasteiger partial charge in [-0.3, -0.25) is 4.79 Å². The lowest BCUT2D eigenvalue weighted by molar-refractivity contribution is -0.115. The number of fused-ring (bicyclic) bond motifs is 1. The Hall–Kier alpha value is -1.34. The van der Waals surface area contributed by atoms with Crippen molar-refractivity contribution in [2.24, 2.45) is 4.99 Å². The maximum Gasteiger partial charge on any atom is 0.244 e. The number of hydrogen-bond acceptors (Lipinski definition) is 4. The summed E-state index contributed by atoms with van der Waals surface area (Å²) in [6.07, 6.45) is 0. The predicted molar refractivity (Wildman–Crippen MR) is 94.9 cm³/mol. The third-order valence-corrected chi connectivity index (χ3v) is 7.35. The van der Waals surface area contributed by atoms with Crippen molar-refractivity contribution in [3.05, 3.63) is 29.8 Å². The molecule has 1 aromatic carbocycles. The van der Waals surface area contributed by atoms with Crippen LogP contribution in [0.3, 0.4) is 0 Å². The highest BCUT2D eigenvalue weighted by molar-refractivity contribution is 8.16. The Balaban J connectivity index is 2.11. The van der Waals surface area contributed by atoms with Crippen LogP contribution in [-0.4, -0.2) is 42.3 Å². The maximum atomic E-state index is 12.0. The number of hydrogen-bond donors (Lipinski definition) is 0. The Morgan fingerprint density at radius 2 is 2.00 bits per heavy atom. The number of rotatable bonds is 2. The summed E-state index contributed by atoms with van der Waals surface area (Å²) in [5, 5.41) is 0.564. The van der Waals surface area contributed by atoms with Crippen LogP contribution in [0.5, 0.6) is 0 Å². The molecule has 7 heteroatoms. The summed E-state index contributed by atoms with van der Waals surface area (Å²) in [4.78, 5) is 17.6. The molecule has 2 aliphatic rings. The van der Waals surface area contributed by atoms with Crippen LogP contribution in [0.25, 0.3) is 0 Å². The molecule has 0 aliphatic carbocycles. The molecule has 0 spiro atoms. The third kappa shape index (κ3) is 3.17. The van der Waals surface area contributed by atoms with Gasteiger partial charge in [0.05, 0.1) is 17.5 Å². The fraction of sp³-hybridized carbons (Fsp3) is 0.500. The Labute approximate surface area is 141 Å². The van der Waals surface area contributed by atoms with Gasteiger partial charge < -0.3 is 4.90 Å². The molecule has 2 atom stereocenters. The molecule has 0 radical (unpaired) electrons. The first-order chi connectivity index (χ1) is 10.8. The van der Waals surface area contributed by atoms with E-state index >= 15 is 0 Å². The van der Waals surface area contributed by atoms with Crippen molar-refractivity contribution >= 4 is 38.4 Å². The number of amides is 1. The minimum atomic E-state index is -3.03. The highest BCUT2D eigenvalue weighted by Gasteiger charge is 2.49. The second-order valence-electron chi connectivity index (χ2n) is 6.30. The van der Waals surface area contributed by atoms with Crippen molar-refractivity contribution in [3.8, 4) is 0 Å². The average Bonchev–Trinajstić information content (AvgIpc) is 2.88. The van der Waals surface area contributed by atoms with Gasteiger partial charge in [0.15, 0.2) is 15.0 Å². The van der Waals surface area contributed by atoms with Crippen molar-refractivity contribution in [1.82, 2.24) is 0 Å². The van der Waals surface area contributed by atoms with Crippen molar-refractivity contribution in [1.29, 1.82) is 0 Å². The molecule has 1 amide bonds. The second-order valence-corrected chi connectivity index (χ2v) is 9.66. The molecular formula is C16H20N2O3S2. The summed E-state index contributed by atoms with van der Waals surface area (Å²) < 4.78 is 24.0. The zero-order chi connectivity index (χ0) is 16.8. The summed E-state index contributed by atoms with van der Waals surface area (Å²) in [6, 6.07) is 7.80. The second kappa shape index (κ2) is 5.94. The highest BCUT2D eigenvalue weighted by atomic mass is 32.2. The fourth-order valence-electron chi connectivity index (χ4n) is 3.18. The van der Waals surface area contributed by atoms with Crippen LogP contribution in [0.4, 0.5) is 5.69 Å². The van der Waals surface area contributed by atoms with Gasteiger partial charge in [-0.15, -0.1) is 0 Å². The minimum absolute atomic E-state index is 0.0571. The number of amidine groups is 1. The topological polar surface area (TPSA) is 66.8 Å². The van der Waals surface area contributed by atoms with Gasteiger partial charge in [0.2, 0.25) is 5.91 Å². The largest absolute Gasteiger partial charge is 0.315 e. The van der Waals surface area contributed by atoms with E-state index in [1.54, 1.807) is 0 Å². The number of benzene rings is 1. The van der Waals surface area contributed by atoms with E-state index in [0.29, 0.717) is 11.1 Å². The zero-order valence-corrected chi connectivity index (χ0v) is 15.0. The quantitative estimate of drug-likeness (QED) is 0.818. The molecular weight excluding hydrogens is 332 g/mol. The number of carbonyl (C=O) groups is 1. The van der Waals surface area contributed by atoms with E-state index < -0.39 is 9.84 Å². The molecule has 1 aromatic rings. The molecule has 23 heavy (non-hydrogen) atoms. The molecule has 2 aliphatic heterocycles. The van der Waals surface area contributed by atoms with Gasteiger partial charge in [-0.2, -0.15) is 4.99 Å². The van der Waals surface area contributed by atoms with Crippen LogP contribution in [0, 0.1) is 0 Å². The fourth-order valence-corrected chi connectivity index (χ4v) is 7.13. The smallest absolute Gasteiger partial charge is 0.244 e. The first kappa shape index (κ1) is 16.5. The number of anilines is 1. The minimum Gasteiger partial charge on any atom is -0.315 e. The monoisotopic (exact) mass is 352 g/mol. The van der Waals surface area contributed by atoms with Crippen LogP contribution in [-0.2, 0) is 14.6 Å². The van der Waals surface area contributed by atoms with Crippen LogP contribution >= 0.6 is 11.8 Å². The number of sulfone groups is 1. The van der Waals surface area contributed by atoms with Gasteiger partial charge >= 0.3 is 0 Å². The Morgan fingerprint density at radius 3 is 2.65 bits per heavy atom.